The summed E-state index contributed by atoms with van der Waals surface area (Å²) in [4.78, 5) is 11.2. The lowest BCUT2D eigenvalue weighted by Crippen LogP contribution is -2.32. The van der Waals surface area contributed by atoms with Crippen LogP contribution in [-0.2, 0) is 10.4 Å². The number of hydrogen-bond acceptors (Lipinski definition) is 2. The third kappa shape index (κ3) is 1.95. The van der Waals surface area contributed by atoms with E-state index in [1.165, 1.54) is 0 Å². The summed E-state index contributed by atoms with van der Waals surface area (Å²) in [6.45, 7) is 2.00. The number of ketones is 1. The zero-order valence-corrected chi connectivity index (χ0v) is 8.99. The van der Waals surface area contributed by atoms with Crippen LogP contribution in [0.25, 0.3) is 0 Å². The molecule has 0 spiro atoms. The Morgan fingerprint density at radius 1 is 1.20 bits per heavy atom. The van der Waals surface area contributed by atoms with E-state index in [1.807, 2.05) is 31.2 Å². The Balaban J connectivity index is 2.30. The quantitative estimate of drug-likeness (QED) is 0.762. The van der Waals surface area contributed by atoms with E-state index in [4.69, 9.17) is 0 Å². The van der Waals surface area contributed by atoms with Crippen molar-refractivity contribution in [2.24, 2.45) is 0 Å². The lowest BCUT2D eigenvalue weighted by atomic mass is 9.78. The highest BCUT2D eigenvalue weighted by Gasteiger charge is 2.34. The fourth-order valence-electron chi connectivity index (χ4n) is 2.31. The van der Waals surface area contributed by atoms with Gasteiger partial charge in [0.25, 0.3) is 0 Å². The minimum Gasteiger partial charge on any atom is -0.385 e. The number of carbonyl (C=O) groups excluding carboxylic acids is 1. The number of aliphatic hydroxyl groups is 1. The van der Waals surface area contributed by atoms with Crippen LogP contribution in [0, 0.1) is 6.92 Å². The lowest BCUT2D eigenvalue weighted by molar-refractivity contribution is -0.125. The average molecular weight is 204 g/mol. The first-order valence-electron chi connectivity index (χ1n) is 5.42. The molecule has 15 heavy (non-hydrogen) atoms. The van der Waals surface area contributed by atoms with Crippen LogP contribution < -0.4 is 0 Å². The van der Waals surface area contributed by atoms with Gasteiger partial charge in [-0.05, 0) is 30.9 Å². The maximum absolute atomic E-state index is 11.2. The summed E-state index contributed by atoms with van der Waals surface area (Å²) >= 11 is 0. The minimum atomic E-state index is -0.779. The van der Waals surface area contributed by atoms with Gasteiger partial charge in [0.05, 0.1) is 5.60 Å². The molecular weight excluding hydrogens is 188 g/mol. The highest BCUT2D eigenvalue weighted by atomic mass is 16.3. The van der Waals surface area contributed by atoms with Crippen LogP contribution >= 0.6 is 0 Å². The molecule has 1 N–H and O–H groups in total. The molecule has 2 nitrogen and oxygen atoms in total. The summed E-state index contributed by atoms with van der Waals surface area (Å²) in [6.07, 6.45) is 2.14. The topological polar surface area (TPSA) is 37.3 Å². The molecule has 0 aliphatic heterocycles. The average Bonchev–Trinajstić information content (AvgIpc) is 2.23. The first-order chi connectivity index (χ1) is 7.12. The molecule has 0 atom stereocenters. The lowest BCUT2D eigenvalue weighted by Gasteiger charge is -2.33. The highest BCUT2D eigenvalue weighted by molar-refractivity contribution is 5.79. The van der Waals surface area contributed by atoms with Gasteiger partial charge in [0.15, 0.2) is 0 Å². The van der Waals surface area contributed by atoms with Gasteiger partial charge in [-0.15, -0.1) is 0 Å². The van der Waals surface area contributed by atoms with Crippen LogP contribution in [0.2, 0.25) is 0 Å². The largest absolute Gasteiger partial charge is 0.385 e. The van der Waals surface area contributed by atoms with Crippen LogP contribution in [0.3, 0.4) is 0 Å². The van der Waals surface area contributed by atoms with Gasteiger partial charge in [-0.25, -0.2) is 0 Å². The summed E-state index contributed by atoms with van der Waals surface area (Å²) in [7, 11) is 0. The molecule has 0 amide bonds. The molecule has 0 saturated heterocycles. The molecule has 2 rings (SSSR count). The molecule has 80 valence electrons. The van der Waals surface area contributed by atoms with E-state index in [1.54, 1.807) is 0 Å². The standard InChI is InChI=1S/C13H16O2/c1-10-4-2-3-5-12(10)13(15)8-6-11(14)7-9-13/h2-5,15H,6-9H2,1H3. The van der Waals surface area contributed by atoms with Crippen LogP contribution in [0.1, 0.15) is 36.8 Å². The van der Waals surface area contributed by atoms with Crippen molar-refractivity contribution in [3.05, 3.63) is 35.4 Å². The van der Waals surface area contributed by atoms with Crippen molar-refractivity contribution in [1.82, 2.24) is 0 Å². The molecule has 0 unspecified atom stereocenters. The molecule has 1 aromatic rings. The minimum absolute atomic E-state index is 0.272. The summed E-state index contributed by atoms with van der Waals surface area (Å²) in [5, 5.41) is 10.5. The van der Waals surface area contributed by atoms with Crippen molar-refractivity contribution >= 4 is 5.78 Å². The zero-order chi connectivity index (χ0) is 10.9. The van der Waals surface area contributed by atoms with Gasteiger partial charge in [-0.1, -0.05) is 24.3 Å². The Morgan fingerprint density at radius 2 is 1.80 bits per heavy atom. The number of rotatable bonds is 1. The van der Waals surface area contributed by atoms with E-state index in [0.29, 0.717) is 25.7 Å². The molecule has 1 aromatic carbocycles. The maximum atomic E-state index is 11.2. The first kappa shape index (κ1) is 10.4. The van der Waals surface area contributed by atoms with Gasteiger partial charge < -0.3 is 5.11 Å². The molecule has 0 radical (unpaired) electrons. The number of Topliss-reactive ketones (excluding diaryl/α,β-unsaturated/α-hetero) is 1. The van der Waals surface area contributed by atoms with Gasteiger partial charge in [0.2, 0.25) is 0 Å². The molecule has 0 aromatic heterocycles. The Hall–Kier alpha value is -1.15. The molecule has 1 fully saturated rings. The molecule has 1 aliphatic carbocycles. The van der Waals surface area contributed by atoms with Gasteiger partial charge in [-0.3, -0.25) is 4.79 Å². The second kappa shape index (κ2) is 3.78. The molecule has 0 bridgehead atoms. The Bertz CT molecular complexity index is 372. The maximum Gasteiger partial charge on any atom is 0.133 e. The van der Waals surface area contributed by atoms with Crippen LogP contribution in [0.4, 0.5) is 0 Å². The number of hydrogen-bond donors (Lipinski definition) is 1. The number of benzene rings is 1. The predicted octanol–water partition coefficient (Wildman–Crippen LogP) is 2.33. The van der Waals surface area contributed by atoms with Crippen molar-refractivity contribution in [2.45, 2.75) is 38.2 Å². The van der Waals surface area contributed by atoms with E-state index in [-0.39, 0.29) is 5.78 Å². The first-order valence-corrected chi connectivity index (χ1v) is 5.42. The van der Waals surface area contributed by atoms with E-state index in [0.717, 1.165) is 11.1 Å². The van der Waals surface area contributed by atoms with Crippen molar-refractivity contribution < 1.29 is 9.90 Å². The third-order valence-corrected chi connectivity index (χ3v) is 3.28. The van der Waals surface area contributed by atoms with Crippen molar-refractivity contribution in [2.75, 3.05) is 0 Å². The van der Waals surface area contributed by atoms with E-state index >= 15 is 0 Å². The van der Waals surface area contributed by atoms with Crippen LogP contribution in [-0.4, -0.2) is 10.9 Å². The van der Waals surface area contributed by atoms with E-state index in [9.17, 15) is 9.90 Å². The van der Waals surface area contributed by atoms with Crippen molar-refractivity contribution in [3.8, 4) is 0 Å². The van der Waals surface area contributed by atoms with Gasteiger partial charge in [-0.2, -0.15) is 0 Å². The monoisotopic (exact) mass is 204 g/mol. The van der Waals surface area contributed by atoms with Gasteiger partial charge >= 0.3 is 0 Å². The van der Waals surface area contributed by atoms with Gasteiger partial charge in [0.1, 0.15) is 5.78 Å². The molecule has 1 aliphatic rings. The predicted molar refractivity (Wildman–Crippen MR) is 58.6 cm³/mol. The van der Waals surface area contributed by atoms with Crippen LogP contribution in [0.5, 0.6) is 0 Å². The highest BCUT2D eigenvalue weighted by Crippen LogP contribution is 2.36. The number of aryl methyl sites for hydroxylation is 1. The second-order valence-corrected chi connectivity index (χ2v) is 4.39. The summed E-state index contributed by atoms with van der Waals surface area (Å²) in [5.74, 6) is 0.272. The molecule has 1 saturated carbocycles. The smallest absolute Gasteiger partial charge is 0.133 e. The SMILES string of the molecule is Cc1ccccc1C1(O)CCC(=O)CC1. The van der Waals surface area contributed by atoms with Crippen molar-refractivity contribution in [1.29, 1.82) is 0 Å². The fourth-order valence-corrected chi connectivity index (χ4v) is 2.31. The fraction of sp³-hybridized carbons (Fsp3) is 0.462. The third-order valence-electron chi connectivity index (χ3n) is 3.28. The second-order valence-electron chi connectivity index (χ2n) is 4.39. The molecule has 0 heterocycles. The summed E-state index contributed by atoms with van der Waals surface area (Å²) in [6, 6.07) is 7.88. The van der Waals surface area contributed by atoms with E-state index in [2.05, 4.69) is 0 Å². The Kier molecular flexibility index (Phi) is 2.61. The van der Waals surface area contributed by atoms with E-state index < -0.39 is 5.60 Å². The normalized spacial score (nSPS) is 20.3. The van der Waals surface area contributed by atoms with Gasteiger partial charge in [0, 0.05) is 12.8 Å². The van der Waals surface area contributed by atoms with Crippen LogP contribution in [0.15, 0.2) is 24.3 Å². The zero-order valence-electron chi connectivity index (χ0n) is 8.99. The number of carbonyl (C=O) groups is 1. The summed E-state index contributed by atoms with van der Waals surface area (Å²) in [5.41, 5.74) is 1.31. The molecule has 2 heteroatoms. The van der Waals surface area contributed by atoms with Crippen molar-refractivity contribution in [3.63, 3.8) is 0 Å². The Labute approximate surface area is 89.9 Å². The Morgan fingerprint density at radius 3 is 2.40 bits per heavy atom. The summed E-state index contributed by atoms with van der Waals surface area (Å²) < 4.78 is 0. The molecular formula is C13H16O2.